The monoisotopic (exact) mass is 367 g/mol. The number of rotatable bonds is 4. The van der Waals surface area contributed by atoms with E-state index in [1.165, 1.54) is 4.90 Å². The molecule has 1 N–H and O–H groups in total. The number of aromatic hydroxyl groups is 1. The lowest BCUT2D eigenvalue weighted by molar-refractivity contribution is -0.131. The van der Waals surface area contributed by atoms with Gasteiger partial charge in [0.15, 0.2) is 0 Å². The standard InChI is InChI=1S/C21H25N3O3/c1-21(2,3)24-13-15(12-19(24)26)20(27)23(14-16-8-6-7-11-22-16)17-9-4-5-10-18(17)25/h4-11,15,25H,12-14H2,1-3H3. The van der Waals surface area contributed by atoms with Gasteiger partial charge in [-0.25, -0.2) is 0 Å². The molecule has 2 heterocycles. The highest BCUT2D eigenvalue weighted by molar-refractivity contribution is 6.00. The van der Waals surface area contributed by atoms with E-state index in [9.17, 15) is 14.7 Å². The minimum Gasteiger partial charge on any atom is -0.506 e. The summed E-state index contributed by atoms with van der Waals surface area (Å²) in [6, 6.07) is 12.2. The third-order valence-corrected chi connectivity index (χ3v) is 4.77. The zero-order chi connectivity index (χ0) is 19.6. The van der Waals surface area contributed by atoms with Crippen LogP contribution in [-0.2, 0) is 16.1 Å². The van der Waals surface area contributed by atoms with Crippen molar-refractivity contribution < 1.29 is 14.7 Å². The van der Waals surface area contributed by atoms with Crippen molar-refractivity contribution in [1.82, 2.24) is 9.88 Å². The number of amides is 2. The van der Waals surface area contributed by atoms with E-state index < -0.39 is 5.92 Å². The van der Waals surface area contributed by atoms with E-state index >= 15 is 0 Å². The van der Waals surface area contributed by atoms with E-state index in [1.54, 1.807) is 35.4 Å². The van der Waals surface area contributed by atoms with Gasteiger partial charge in [-0.1, -0.05) is 18.2 Å². The summed E-state index contributed by atoms with van der Waals surface area (Å²) in [6.07, 6.45) is 1.85. The summed E-state index contributed by atoms with van der Waals surface area (Å²) < 4.78 is 0. The molecule has 2 amide bonds. The number of phenolic OH excluding ortho intramolecular Hbond substituents is 1. The zero-order valence-corrected chi connectivity index (χ0v) is 15.9. The Balaban J connectivity index is 1.90. The summed E-state index contributed by atoms with van der Waals surface area (Å²) in [7, 11) is 0. The summed E-state index contributed by atoms with van der Waals surface area (Å²) in [4.78, 5) is 33.3. The largest absolute Gasteiger partial charge is 0.506 e. The molecule has 0 aliphatic carbocycles. The predicted molar refractivity (Wildman–Crippen MR) is 103 cm³/mol. The van der Waals surface area contributed by atoms with E-state index in [4.69, 9.17) is 0 Å². The molecule has 0 saturated carbocycles. The normalized spacial score (nSPS) is 17.2. The van der Waals surface area contributed by atoms with E-state index in [-0.39, 0.29) is 36.1 Å². The number of carbonyl (C=O) groups excluding carboxylic acids is 2. The van der Waals surface area contributed by atoms with Gasteiger partial charge in [0.05, 0.1) is 23.8 Å². The van der Waals surface area contributed by atoms with Gasteiger partial charge in [0.1, 0.15) is 5.75 Å². The lowest BCUT2D eigenvalue weighted by Crippen LogP contribution is -2.43. The van der Waals surface area contributed by atoms with Crippen LogP contribution >= 0.6 is 0 Å². The second-order valence-electron chi connectivity index (χ2n) is 7.81. The Hall–Kier alpha value is -2.89. The smallest absolute Gasteiger partial charge is 0.232 e. The molecule has 1 saturated heterocycles. The van der Waals surface area contributed by atoms with E-state index in [0.717, 1.165) is 0 Å². The van der Waals surface area contributed by atoms with Crippen molar-refractivity contribution in [1.29, 1.82) is 0 Å². The van der Waals surface area contributed by atoms with Gasteiger partial charge in [-0.2, -0.15) is 0 Å². The molecule has 1 unspecified atom stereocenters. The first kappa shape index (κ1) is 18.9. The second kappa shape index (κ2) is 7.39. The maximum Gasteiger partial charge on any atom is 0.232 e. The minimum atomic E-state index is -0.444. The fraction of sp³-hybridized carbons (Fsp3) is 0.381. The molecule has 1 aliphatic rings. The third-order valence-electron chi connectivity index (χ3n) is 4.77. The molecule has 0 radical (unpaired) electrons. The van der Waals surface area contributed by atoms with Gasteiger partial charge in [0.25, 0.3) is 0 Å². The molecule has 0 spiro atoms. The van der Waals surface area contributed by atoms with E-state index in [2.05, 4.69) is 4.98 Å². The fourth-order valence-electron chi connectivity index (χ4n) is 3.37. The third kappa shape index (κ3) is 4.10. The number of pyridine rings is 1. The highest BCUT2D eigenvalue weighted by Gasteiger charge is 2.41. The highest BCUT2D eigenvalue weighted by atomic mass is 16.3. The van der Waals surface area contributed by atoms with Gasteiger partial charge < -0.3 is 14.9 Å². The molecule has 1 aromatic carbocycles. The number of aromatic nitrogens is 1. The molecular weight excluding hydrogens is 342 g/mol. The lowest BCUT2D eigenvalue weighted by atomic mass is 10.0. The minimum absolute atomic E-state index is 0.0177. The van der Waals surface area contributed by atoms with E-state index in [0.29, 0.717) is 17.9 Å². The van der Waals surface area contributed by atoms with Crippen molar-refractivity contribution in [2.75, 3.05) is 11.4 Å². The number of phenols is 1. The van der Waals surface area contributed by atoms with Gasteiger partial charge >= 0.3 is 0 Å². The first-order valence-corrected chi connectivity index (χ1v) is 9.07. The summed E-state index contributed by atoms with van der Waals surface area (Å²) in [6.45, 7) is 6.51. The molecular formula is C21H25N3O3. The zero-order valence-electron chi connectivity index (χ0n) is 15.9. The number of carbonyl (C=O) groups is 2. The van der Waals surface area contributed by atoms with Crippen molar-refractivity contribution in [3.05, 3.63) is 54.4 Å². The predicted octanol–water partition coefficient (Wildman–Crippen LogP) is 2.97. The first-order valence-electron chi connectivity index (χ1n) is 9.07. The molecule has 2 aromatic rings. The van der Waals surface area contributed by atoms with Crippen LogP contribution in [0.2, 0.25) is 0 Å². The Labute approximate surface area is 159 Å². The summed E-state index contributed by atoms with van der Waals surface area (Å²) >= 11 is 0. The van der Waals surface area contributed by atoms with Crippen molar-refractivity contribution in [3.8, 4) is 5.75 Å². The Kier molecular flexibility index (Phi) is 5.17. The Morgan fingerprint density at radius 2 is 1.93 bits per heavy atom. The van der Waals surface area contributed by atoms with Crippen molar-refractivity contribution in [3.63, 3.8) is 0 Å². The van der Waals surface area contributed by atoms with Gasteiger partial charge in [0, 0.05) is 24.7 Å². The number of para-hydroxylation sites is 2. The van der Waals surface area contributed by atoms with Crippen LogP contribution < -0.4 is 4.90 Å². The molecule has 1 aliphatic heterocycles. The average molecular weight is 367 g/mol. The molecule has 142 valence electrons. The number of nitrogens with zero attached hydrogens (tertiary/aromatic N) is 3. The topological polar surface area (TPSA) is 73.7 Å². The van der Waals surface area contributed by atoms with Crippen molar-refractivity contribution in [2.24, 2.45) is 5.92 Å². The van der Waals surface area contributed by atoms with Crippen LogP contribution in [0.15, 0.2) is 48.7 Å². The molecule has 6 nitrogen and oxygen atoms in total. The number of anilines is 1. The SMILES string of the molecule is CC(C)(C)N1CC(C(=O)N(Cc2ccccn2)c2ccccc2O)CC1=O. The summed E-state index contributed by atoms with van der Waals surface area (Å²) in [5, 5.41) is 10.3. The number of hydrogen-bond acceptors (Lipinski definition) is 4. The summed E-state index contributed by atoms with van der Waals surface area (Å²) in [5.41, 5.74) is 0.813. The van der Waals surface area contributed by atoms with Crippen molar-refractivity contribution in [2.45, 2.75) is 39.3 Å². The van der Waals surface area contributed by atoms with Crippen LogP contribution in [0.4, 0.5) is 5.69 Å². The number of likely N-dealkylation sites (tertiary alicyclic amines) is 1. The van der Waals surface area contributed by atoms with Crippen molar-refractivity contribution >= 4 is 17.5 Å². The second-order valence-corrected chi connectivity index (χ2v) is 7.81. The van der Waals surface area contributed by atoms with Crippen LogP contribution in [0.25, 0.3) is 0 Å². The summed E-state index contributed by atoms with van der Waals surface area (Å²) in [5.74, 6) is -0.614. The van der Waals surface area contributed by atoms with Crippen LogP contribution in [0.1, 0.15) is 32.9 Å². The molecule has 6 heteroatoms. The maximum atomic E-state index is 13.3. The Morgan fingerprint density at radius 1 is 1.22 bits per heavy atom. The van der Waals surface area contributed by atoms with Gasteiger partial charge in [-0.15, -0.1) is 0 Å². The van der Waals surface area contributed by atoms with Crippen LogP contribution in [0, 0.1) is 5.92 Å². The van der Waals surface area contributed by atoms with Crippen LogP contribution in [-0.4, -0.2) is 38.9 Å². The quantitative estimate of drug-likeness (QED) is 0.902. The average Bonchev–Trinajstić information content (AvgIpc) is 3.03. The van der Waals surface area contributed by atoms with E-state index in [1.807, 2.05) is 39.0 Å². The number of benzene rings is 1. The lowest BCUT2D eigenvalue weighted by Gasteiger charge is -2.32. The Bertz CT molecular complexity index is 830. The van der Waals surface area contributed by atoms with Gasteiger partial charge in [-0.3, -0.25) is 14.6 Å². The Morgan fingerprint density at radius 3 is 2.52 bits per heavy atom. The molecule has 1 fully saturated rings. The molecule has 27 heavy (non-hydrogen) atoms. The highest BCUT2D eigenvalue weighted by Crippen LogP contribution is 2.32. The first-order chi connectivity index (χ1) is 12.8. The maximum absolute atomic E-state index is 13.3. The molecule has 1 aromatic heterocycles. The van der Waals surface area contributed by atoms with Gasteiger partial charge in [-0.05, 0) is 45.0 Å². The van der Waals surface area contributed by atoms with Crippen LogP contribution in [0.5, 0.6) is 5.75 Å². The molecule has 0 bridgehead atoms. The fourth-order valence-corrected chi connectivity index (χ4v) is 3.37. The molecule has 3 rings (SSSR count). The number of hydrogen-bond donors (Lipinski definition) is 1. The van der Waals surface area contributed by atoms with Gasteiger partial charge in [0.2, 0.25) is 11.8 Å². The van der Waals surface area contributed by atoms with Crippen LogP contribution in [0.3, 0.4) is 0 Å². The molecule has 1 atom stereocenters.